The first-order valence-electron chi connectivity index (χ1n) is 5.60. The Bertz CT molecular complexity index is 753. The SMILES string of the molecule is NC(=NO)c1nccnc1Sc1nc2ccccc2o1. The normalized spacial score (nSPS) is 11.9. The maximum absolute atomic E-state index is 8.74. The molecule has 1 aromatic carbocycles. The monoisotopic (exact) mass is 287 g/mol. The zero-order valence-corrected chi connectivity index (χ0v) is 10.9. The number of benzene rings is 1. The van der Waals surface area contributed by atoms with Crippen LogP contribution in [0.15, 0.2) is 56.5 Å². The second kappa shape index (κ2) is 5.17. The van der Waals surface area contributed by atoms with Gasteiger partial charge in [0.15, 0.2) is 11.4 Å². The second-order valence-electron chi connectivity index (χ2n) is 3.74. The van der Waals surface area contributed by atoms with Crippen LogP contribution in [0.3, 0.4) is 0 Å². The fraction of sp³-hybridized carbons (Fsp3) is 0. The summed E-state index contributed by atoms with van der Waals surface area (Å²) in [6.45, 7) is 0. The fourth-order valence-electron chi connectivity index (χ4n) is 1.60. The van der Waals surface area contributed by atoms with Crippen molar-refractivity contribution < 1.29 is 9.62 Å². The summed E-state index contributed by atoms with van der Waals surface area (Å²) in [5.74, 6) is -0.114. The van der Waals surface area contributed by atoms with Gasteiger partial charge >= 0.3 is 0 Å². The summed E-state index contributed by atoms with van der Waals surface area (Å²) >= 11 is 1.16. The van der Waals surface area contributed by atoms with E-state index in [2.05, 4.69) is 20.1 Å². The number of amidine groups is 1. The minimum absolute atomic E-state index is 0.114. The van der Waals surface area contributed by atoms with Crippen molar-refractivity contribution >= 4 is 28.7 Å². The topological polar surface area (TPSA) is 110 Å². The highest BCUT2D eigenvalue weighted by molar-refractivity contribution is 7.99. The minimum atomic E-state index is -0.114. The van der Waals surface area contributed by atoms with Crippen LogP contribution in [0.25, 0.3) is 11.1 Å². The average molecular weight is 287 g/mol. The zero-order valence-electron chi connectivity index (χ0n) is 10.1. The molecule has 0 amide bonds. The number of nitrogens with zero attached hydrogens (tertiary/aromatic N) is 4. The molecule has 100 valence electrons. The number of aromatic nitrogens is 3. The number of oxazole rings is 1. The molecule has 0 saturated heterocycles. The molecule has 0 aliphatic carbocycles. The van der Waals surface area contributed by atoms with Crippen molar-refractivity contribution in [3.8, 4) is 0 Å². The van der Waals surface area contributed by atoms with Crippen LogP contribution in [0, 0.1) is 0 Å². The number of hydrogen-bond acceptors (Lipinski definition) is 7. The molecule has 0 fully saturated rings. The molecule has 0 aliphatic heterocycles. The highest BCUT2D eigenvalue weighted by Crippen LogP contribution is 2.29. The average Bonchev–Trinajstić information content (AvgIpc) is 2.89. The van der Waals surface area contributed by atoms with Gasteiger partial charge in [-0.05, 0) is 23.9 Å². The molecule has 0 spiro atoms. The Morgan fingerprint density at radius 1 is 1.25 bits per heavy atom. The van der Waals surface area contributed by atoms with Crippen molar-refractivity contribution in [3.63, 3.8) is 0 Å². The minimum Gasteiger partial charge on any atom is -0.431 e. The Morgan fingerprint density at radius 3 is 2.85 bits per heavy atom. The molecule has 7 nitrogen and oxygen atoms in total. The molecule has 3 aromatic rings. The Hall–Kier alpha value is -2.61. The van der Waals surface area contributed by atoms with Crippen LogP contribution < -0.4 is 5.73 Å². The van der Waals surface area contributed by atoms with E-state index in [1.807, 2.05) is 24.3 Å². The van der Waals surface area contributed by atoms with Crippen molar-refractivity contribution in [1.29, 1.82) is 0 Å². The van der Waals surface area contributed by atoms with Gasteiger partial charge in [0.1, 0.15) is 16.2 Å². The van der Waals surface area contributed by atoms with Crippen molar-refractivity contribution in [3.05, 3.63) is 42.4 Å². The number of rotatable bonds is 3. The maximum atomic E-state index is 8.74. The number of nitrogens with two attached hydrogens (primary N) is 1. The van der Waals surface area contributed by atoms with Gasteiger partial charge < -0.3 is 15.4 Å². The van der Waals surface area contributed by atoms with Crippen LogP contribution in [0.5, 0.6) is 0 Å². The number of hydrogen-bond donors (Lipinski definition) is 2. The number of oxime groups is 1. The lowest BCUT2D eigenvalue weighted by Gasteiger charge is -2.02. The van der Waals surface area contributed by atoms with Gasteiger partial charge in [-0.15, -0.1) is 0 Å². The summed E-state index contributed by atoms with van der Waals surface area (Å²) in [6.07, 6.45) is 2.97. The van der Waals surface area contributed by atoms with Crippen molar-refractivity contribution in [2.24, 2.45) is 10.9 Å². The van der Waals surface area contributed by atoms with Gasteiger partial charge in [0.2, 0.25) is 0 Å². The lowest BCUT2D eigenvalue weighted by atomic mass is 10.3. The standard InChI is InChI=1S/C12H9N5O2S/c13-10(17-18)9-11(15-6-5-14-9)20-12-16-7-3-1-2-4-8(7)19-12/h1-6,18H,(H2,13,17). The third kappa shape index (κ3) is 2.28. The van der Waals surface area contributed by atoms with E-state index in [1.54, 1.807) is 0 Å². The lowest BCUT2D eigenvalue weighted by molar-refractivity contribution is 0.318. The van der Waals surface area contributed by atoms with Crippen LogP contribution in [-0.4, -0.2) is 26.0 Å². The van der Waals surface area contributed by atoms with Crippen molar-refractivity contribution in [2.45, 2.75) is 10.2 Å². The summed E-state index contributed by atoms with van der Waals surface area (Å²) in [5, 5.41) is 12.5. The molecule has 0 saturated carbocycles. The van der Waals surface area contributed by atoms with Gasteiger partial charge in [-0.3, -0.25) is 0 Å². The Balaban J connectivity index is 1.99. The van der Waals surface area contributed by atoms with Crippen molar-refractivity contribution in [1.82, 2.24) is 15.0 Å². The maximum Gasteiger partial charge on any atom is 0.263 e. The predicted octanol–water partition coefficient (Wildman–Crippen LogP) is 1.86. The first kappa shape index (κ1) is 12.4. The number of para-hydroxylation sites is 2. The smallest absolute Gasteiger partial charge is 0.263 e. The molecule has 2 heterocycles. The van der Waals surface area contributed by atoms with Gasteiger partial charge in [0.05, 0.1) is 0 Å². The highest BCUT2D eigenvalue weighted by atomic mass is 32.2. The lowest BCUT2D eigenvalue weighted by Crippen LogP contribution is -2.16. The molecular weight excluding hydrogens is 278 g/mol. The van der Waals surface area contributed by atoms with E-state index in [0.717, 1.165) is 17.3 Å². The third-order valence-corrected chi connectivity index (χ3v) is 3.31. The van der Waals surface area contributed by atoms with Crippen LogP contribution >= 0.6 is 11.8 Å². The highest BCUT2D eigenvalue weighted by Gasteiger charge is 2.14. The predicted molar refractivity (Wildman–Crippen MR) is 72.7 cm³/mol. The molecule has 20 heavy (non-hydrogen) atoms. The molecule has 8 heteroatoms. The largest absolute Gasteiger partial charge is 0.431 e. The Labute approximate surface area is 117 Å². The molecule has 0 bridgehead atoms. The van der Waals surface area contributed by atoms with Crippen LogP contribution in [0.4, 0.5) is 0 Å². The summed E-state index contributed by atoms with van der Waals surface area (Å²) in [5.41, 5.74) is 7.28. The van der Waals surface area contributed by atoms with E-state index in [1.165, 1.54) is 12.4 Å². The summed E-state index contributed by atoms with van der Waals surface area (Å²) in [6, 6.07) is 7.42. The first-order valence-corrected chi connectivity index (χ1v) is 6.42. The van der Waals surface area contributed by atoms with Gasteiger partial charge in [-0.2, -0.15) is 0 Å². The summed E-state index contributed by atoms with van der Waals surface area (Å²) in [4.78, 5) is 12.5. The first-order chi connectivity index (χ1) is 9.78. The molecule has 0 atom stereocenters. The summed E-state index contributed by atoms with van der Waals surface area (Å²) < 4.78 is 5.58. The molecule has 0 unspecified atom stereocenters. The molecule has 0 aliphatic rings. The van der Waals surface area contributed by atoms with Crippen molar-refractivity contribution in [2.75, 3.05) is 0 Å². The molecular formula is C12H9N5O2S. The summed E-state index contributed by atoms with van der Waals surface area (Å²) in [7, 11) is 0. The Morgan fingerprint density at radius 2 is 2.05 bits per heavy atom. The van der Waals surface area contributed by atoms with Gasteiger partial charge in [-0.25, -0.2) is 15.0 Å². The quantitative estimate of drug-likeness (QED) is 0.327. The Kier molecular flexibility index (Phi) is 3.21. The van der Waals surface area contributed by atoms with E-state index in [0.29, 0.717) is 15.8 Å². The second-order valence-corrected chi connectivity index (χ2v) is 4.68. The van der Waals surface area contributed by atoms with E-state index >= 15 is 0 Å². The van der Waals surface area contributed by atoms with E-state index in [-0.39, 0.29) is 11.5 Å². The van der Waals surface area contributed by atoms with Crippen LogP contribution in [0.1, 0.15) is 5.69 Å². The molecule has 0 radical (unpaired) electrons. The van der Waals surface area contributed by atoms with Crippen LogP contribution in [-0.2, 0) is 0 Å². The molecule has 3 rings (SSSR count). The van der Waals surface area contributed by atoms with E-state index in [4.69, 9.17) is 15.4 Å². The number of fused-ring (bicyclic) bond motifs is 1. The third-order valence-electron chi connectivity index (χ3n) is 2.47. The molecule has 3 N–H and O–H groups in total. The zero-order chi connectivity index (χ0) is 13.9. The molecule has 2 aromatic heterocycles. The van der Waals surface area contributed by atoms with Gasteiger partial charge in [-0.1, -0.05) is 17.3 Å². The van der Waals surface area contributed by atoms with Gasteiger partial charge in [0.25, 0.3) is 5.22 Å². The van der Waals surface area contributed by atoms with Gasteiger partial charge in [0, 0.05) is 12.4 Å². The van der Waals surface area contributed by atoms with E-state index in [9.17, 15) is 0 Å². The fourth-order valence-corrected chi connectivity index (χ4v) is 2.41. The van der Waals surface area contributed by atoms with E-state index < -0.39 is 0 Å². The van der Waals surface area contributed by atoms with Crippen LogP contribution in [0.2, 0.25) is 0 Å².